The Bertz CT molecular complexity index is 424. The molecule has 4 N–H and O–H groups in total. The summed E-state index contributed by atoms with van der Waals surface area (Å²) in [4.78, 5) is 11.3. The molecule has 1 saturated heterocycles. The summed E-state index contributed by atoms with van der Waals surface area (Å²) in [7, 11) is 0. The van der Waals surface area contributed by atoms with Crippen molar-refractivity contribution in [2.45, 2.75) is 51.5 Å². The van der Waals surface area contributed by atoms with Gasteiger partial charge >= 0.3 is 0 Å². The zero-order valence-corrected chi connectivity index (χ0v) is 12.2. The normalized spacial score (nSPS) is 19.1. The number of nitrogens with two attached hydrogens (primary N) is 1. The highest BCUT2D eigenvalue weighted by molar-refractivity contribution is 5.50. The first-order valence-electron chi connectivity index (χ1n) is 7.50. The van der Waals surface area contributed by atoms with Gasteiger partial charge in [-0.2, -0.15) is 0 Å². The van der Waals surface area contributed by atoms with Gasteiger partial charge in [0.15, 0.2) is 0 Å². The van der Waals surface area contributed by atoms with E-state index in [1.54, 1.807) is 0 Å². The van der Waals surface area contributed by atoms with E-state index in [1.165, 1.54) is 12.8 Å². The van der Waals surface area contributed by atoms with Crippen molar-refractivity contribution in [3.8, 4) is 0 Å². The Morgan fingerprint density at radius 3 is 3.00 bits per heavy atom. The molecule has 112 valence electrons. The van der Waals surface area contributed by atoms with E-state index < -0.39 is 0 Å². The molecule has 0 bridgehead atoms. The van der Waals surface area contributed by atoms with Crippen LogP contribution >= 0.6 is 0 Å². The summed E-state index contributed by atoms with van der Waals surface area (Å²) in [5, 5.41) is 9.23. The van der Waals surface area contributed by atoms with Crippen molar-refractivity contribution in [3.63, 3.8) is 0 Å². The van der Waals surface area contributed by atoms with E-state index in [0.717, 1.165) is 43.9 Å². The van der Waals surface area contributed by atoms with Gasteiger partial charge in [0.1, 0.15) is 17.5 Å². The van der Waals surface area contributed by atoms with E-state index in [-0.39, 0.29) is 6.61 Å². The fraction of sp³-hybridized carbons (Fsp3) is 0.714. The fourth-order valence-electron chi connectivity index (χ4n) is 2.79. The maximum absolute atomic E-state index is 9.23. The van der Waals surface area contributed by atoms with Crippen LogP contribution in [0.2, 0.25) is 0 Å². The standard InChI is InChI=1S/C14H25N5O/c1-2-5-12-16-13(18-15)10-14(17-12)19-8-4-3-6-11(19)7-9-20/h10-11,20H,2-9,15H2,1H3,(H,16,17,18). The van der Waals surface area contributed by atoms with Crippen LogP contribution in [0.25, 0.3) is 0 Å². The second-order valence-electron chi connectivity index (χ2n) is 5.28. The van der Waals surface area contributed by atoms with Crippen molar-refractivity contribution in [2.75, 3.05) is 23.5 Å². The molecular formula is C14H25N5O. The number of hydrogen-bond acceptors (Lipinski definition) is 6. The molecule has 1 unspecified atom stereocenters. The molecule has 0 saturated carbocycles. The van der Waals surface area contributed by atoms with Gasteiger partial charge < -0.3 is 15.4 Å². The SMILES string of the molecule is CCCc1nc(NN)cc(N2CCCCC2CCO)n1. The molecule has 2 heterocycles. The zero-order valence-electron chi connectivity index (χ0n) is 12.2. The second kappa shape index (κ2) is 7.40. The quantitative estimate of drug-likeness (QED) is 0.540. The highest BCUT2D eigenvalue weighted by atomic mass is 16.3. The van der Waals surface area contributed by atoms with Crippen molar-refractivity contribution in [1.29, 1.82) is 0 Å². The molecule has 1 aliphatic heterocycles. The summed E-state index contributed by atoms with van der Waals surface area (Å²) in [6.45, 7) is 3.31. The monoisotopic (exact) mass is 279 g/mol. The lowest BCUT2D eigenvalue weighted by Gasteiger charge is -2.36. The molecule has 0 aliphatic carbocycles. The number of aliphatic hydroxyl groups is 1. The van der Waals surface area contributed by atoms with Crippen molar-refractivity contribution < 1.29 is 5.11 Å². The number of nitrogen functional groups attached to an aromatic ring is 1. The first kappa shape index (κ1) is 15.0. The average Bonchev–Trinajstić information content (AvgIpc) is 2.48. The number of aromatic nitrogens is 2. The molecule has 20 heavy (non-hydrogen) atoms. The summed E-state index contributed by atoms with van der Waals surface area (Å²) in [5.41, 5.74) is 2.62. The Morgan fingerprint density at radius 1 is 1.45 bits per heavy atom. The van der Waals surface area contributed by atoms with Gasteiger partial charge in [0.05, 0.1) is 0 Å². The second-order valence-corrected chi connectivity index (χ2v) is 5.28. The summed E-state index contributed by atoms with van der Waals surface area (Å²) >= 11 is 0. The highest BCUT2D eigenvalue weighted by Crippen LogP contribution is 2.26. The maximum Gasteiger partial charge on any atom is 0.145 e. The van der Waals surface area contributed by atoms with Gasteiger partial charge in [0.2, 0.25) is 0 Å². The van der Waals surface area contributed by atoms with Gasteiger partial charge in [0, 0.05) is 31.7 Å². The van der Waals surface area contributed by atoms with E-state index >= 15 is 0 Å². The summed E-state index contributed by atoms with van der Waals surface area (Å²) in [5.74, 6) is 7.92. The summed E-state index contributed by atoms with van der Waals surface area (Å²) in [6.07, 6.45) is 6.14. The number of aryl methyl sites for hydroxylation is 1. The molecule has 2 rings (SSSR count). The number of rotatable bonds is 6. The topological polar surface area (TPSA) is 87.3 Å². The van der Waals surface area contributed by atoms with Crippen LogP contribution in [0, 0.1) is 0 Å². The minimum atomic E-state index is 0.218. The zero-order chi connectivity index (χ0) is 14.4. The van der Waals surface area contributed by atoms with Crippen LogP contribution < -0.4 is 16.2 Å². The van der Waals surface area contributed by atoms with Gasteiger partial charge in [-0.15, -0.1) is 0 Å². The molecule has 1 atom stereocenters. The smallest absolute Gasteiger partial charge is 0.145 e. The van der Waals surface area contributed by atoms with E-state index in [9.17, 15) is 5.11 Å². The van der Waals surface area contributed by atoms with Gasteiger partial charge in [-0.25, -0.2) is 15.8 Å². The molecule has 1 aromatic rings. The van der Waals surface area contributed by atoms with Crippen LogP contribution in [0.5, 0.6) is 0 Å². The maximum atomic E-state index is 9.23. The lowest BCUT2D eigenvalue weighted by atomic mass is 9.99. The Morgan fingerprint density at radius 2 is 2.30 bits per heavy atom. The van der Waals surface area contributed by atoms with Crippen molar-refractivity contribution >= 4 is 11.6 Å². The Hall–Kier alpha value is -1.40. The third-order valence-electron chi connectivity index (χ3n) is 3.76. The van der Waals surface area contributed by atoms with E-state index in [0.29, 0.717) is 11.9 Å². The summed E-state index contributed by atoms with van der Waals surface area (Å²) < 4.78 is 0. The number of piperidine rings is 1. The molecule has 6 nitrogen and oxygen atoms in total. The lowest BCUT2D eigenvalue weighted by Crippen LogP contribution is -2.41. The van der Waals surface area contributed by atoms with E-state index in [2.05, 4.69) is 27.2 Å². The Balaban J connectivity index is 2.26. The van der Waals surface area contributed by atoms with Gasteiger partial charge in [0.25, 0.3) is 0 Å². The largest absolute Gasteiger partial charge is 0.396 e. The first-order chi connectivity index (χ1) is 9.78. The van der Waals surface area contributed by atoms with Gasteiger partial charge in [-0.1, -0.05) is 6.92 Å². The first-order valence-corrected chi connectivity index (χ1v) is 7.50. The molecule has 0 spiro atoms. The van der Waals surface area contributed by atoms with Gasteiger partial charge in [-0.3, -0.25) is 0 Å². The molecule has 0 amide bonds. The van der Waals surface area contributed by atoms with E-state index in [1.807, 2.05) is 6.07 Å². The minimum Gasteiger partial charge on any atom is -0.396 e. The predicted molar refractivity (Wildman–Crippen MR) is 80.5 cm³/mol. The predicted octanol–water partition coefficient (Wildman–Crippen LogP) is 1.46. The minimum absolute atomic E-state index is 0.218. The number of nitrogens with one attached hydrogen (secondary N) is 1. The number of hydrogen-bond donors (Lipinski definition) is 3. The van der Waals surface area contributed by atoms with Gasteiger partial charge in [-0.05, 0) is 32.1 Å². The molecule has 1 fully saturated rings. The van der Waals surface area contributed by atoms with Crippen molar-refractivity contribution in [2.24, 2.45) is 5.84 Å². The van der Waals surface area contributed by atoms with E-state index in [4.69, 9.17) is 5.84 Å². The number of nitrogens with zero attached hydrogens (tertiary/aromatic N) is 3. The van der Waals surface area contributed by atoms with Crippen LogP contribution in [0.15, 0.2) is 6.07 Å². The third kappa shape index (κ3) is 3.58. The number of anilines is 2. The van der Waals surface area contributed by atoms with Crippen LogP contribution in [0.3, 0.4) is 0 Å². The highest BCUT2D eigenvalue weighted by Gasteiger charge is 2.24. The molecule has 1 aliphatic rings. The average molecular weight is 279 g/mol. The van der Waals surface area contributed by atoms with Crippen molar-refractivity contribution in [3.05, 3.63) is 11.9 Å². The molecule has 0 radical (unpaired) electrons. The van der Waals surface area contributed by atoms with Crippen molar-refractivity contribution in [1.82, 2.24) is 9.97 Å². The third-order valence-corrected chi connectivity index (χ3v) is 3.76. The molecule has 1 aromatic heterocycles. The van der Waals surface area contributed by atoms with Crippen LogP contribution in [0.1, 0.15) is 44.9 Å². The lowest BCUT2D eigenvalue weighted by molar-refractivity contribution is 0.262. The Kier molecular flexibility index (Phi) is 5.55. The molecular weight excluding hydrogens is 254 g/mol. The van der Waals surface area contributed by atoms with Crippen LogP contribution in [-0.4, -0.2) is 34.3 Å². The molecule has 6 heteroatoms. The van der Waals surface area contributed by atoms with Crippen LogP contribution in [0.4, 0.5) is 11.6 Å². The number of aliphatic hydroxyl groups excluding tert-OH is 1. The van der Waals surface area contributed by atoms with Crippen LogP contribution in [-0.2, 0) is 6.42 Å². The fourth-order valence-corrected chi connectivity index (χ4v) is 2.79. The Labute approximate surface area is 120 Å². The molecule has 0 aromatic carbocycles. The number of hydrazine groups is 1. The summed E-state index contributed by atoms with van der Waals surface area (Å²) in [6, 6.07) is 2.26.